The lowest BCUT2D eigenvalue weighted by Crippen LogP contribution is -2.27. The fourth-order valence-corrected chi connectivity index (χ4v) is 3.24. The summed E-state index contributed by atoms with van der Waals surface area (Å²) in [5, 5.41) is 9.30. The van der Waals surface area contributed by atoms with Crippen molar-refractivity contribution >= 4 is 8.80 Å². The van der Waals surface area contributed by atoms with Gasteiger partial charge in [-0.1, -0.05) is 37.4 Å². The Morgan fingerprint density at radius 1 is 1.42 bits per heavy atom. The van der Waals surface area contributed by atoms with Gasteiger partial charge < -0.3 is 5.11 Å². The molecule has 2 heteroatoms. The highest BCUT2D eigenvalue weighted by Crippen LogP contribution is 2.41. The topological polar surface area (TPSA) is 20.2 Å². The second-order valence-corrected chi connectivity index (χ2v) is 6.62. The van der Waals surface area contributed by atoms with Gasteiger partial charge in [0.25, 0.3) is 0 Å². The van der Waals surface area contributed by atoms with Crippen molar-refractivity contribution in [2.75, 3.05) is 6.61 Å². The van der Waals surface area contributed by atoms with E-state index in [9.17, 15) is 0 Å². The largest absolute Gasteiger partial charge is 0.396 e. The summed E-state index contributed by atoms with van der Waals surface area (Å²) in [5.74, 6) is 0. The quantitative estimate of drug-likeness (QED) is 0.663. The van der Waals surface area contributed by atoms with Crippen LogP contribution < -0.4 is 0 Å². The molecule has 0 aromatic heterocycles. The van der Waals surface area contributed by atoms with Gasteiger partial charge >= 0.3 is 0 Å². The van der Waals surface area contributed by atoms with Gasteiger partial charge in [-0.15, -0.1) is 0 Å². The summed E-state index contributed by atoms with van der Waals surface area (Å²) in [6, 6.07) is 0. The lowest BCUT2D eigenvalue weighted by atomic mass is 9.96. The summed E-state index contributed by atoms with van der Waals surface area (Å²) in [6.07, 6.45) is 10.8. The van der Waals surface area contributed by atoms with Crippen molar-refractivity contribution in [1.29, 1.82) is 0 Å². The van der Waals surface area contributed by atoms with Gasteiger partial charge in [-0.05, 0) is 17.9 Å². The number of aliphatic hydroxyl groups excluding tert-OH is 1. The SMILES string of the molecule is C[Si](C)[C@]1(CCO)C=CC=CC1. The third kappa shape index (κ3) is 1.87. The molecule has 1 aliphatic carbocycles. The van der Waals surface area contributed by atoms with E-state index in [1.54, 1.807) is 0 Å². The van der Waals surface area contributed by atoms with E-state index in [4.69, 9.17) is 5.11 Å². The lowest BCUT2D eigenvalue weighted by Gasteiger charge is -2.33. The summed E-state index contributed by atoms with van der Waals surface area (Å²) in [5.41, 5.74) is 0. The number of aliphatic hydroxyl groups is 1. The Labute approximate surface area is 76.4 Å². The van der Waals surface area contributed by atoms with E-state index >= 15 is 0 Å². The minimum absolute atomic E-state index is 0.314. The van der Waals surface area contributed by atoms with E-state index in [2.05, 4.69) is 37.4 Å². The molecule has 1 aliphatic rings. The highest BCUT2D eigenvalue weighted by atomic mass is 28.3. The van der Waals surface area contributed by atoms with Crippen LogP contribution in [0.5, 0.6) is 0 Å². The summed E-state index contributed by atoms with van der Waals surface area (Å²) in [7, 11) is -0.355. The Hall–Kier alpha value is -0.343. The van der Waals surface area contributed by atoms with Crippen molar-refractivity contribution in [2.45, 2.75) is 31.0 Å². The average molecular weight is 181 g/mol. The number of hydrogen-bond acceptors (Lipinski definition) is 1. The van der Waals surface area contributed by atoms with Gasteiger partial charge in [-0.3, -0.25) is 0 Å². The van der Waals surface area contributed by atoms with Crippen LogP contribution in [0.1, 0.15) is 12.8 Å². The van der Waals surface area contributed by atoms with Crippen molar-refractivity contribution in [3.05, 3.63) is 24.3 Å². The van der Waals surface area contributed by atoms with Gasteiger partial charge in [0.2, 0.25) is 0 Å². The van der Waals surface area contributed by atoms with Crippen LogP contribution in [0.4, 0.5) is 0 Å². The van der Waals surface area contributed by atoms with Crippen LogP contribution in [0.25, 0.3) is 0 Å². The number of allylic oxidation sites excluding steroid dienone is 4. The molecular weight excluding hydrogens is 164 g/mol. The van der Waals surface area contributed by atoms with E-state index in [0.29, 0.717) is 11.6 Å². The molecule has 0 unspecified atom stereocenters. The van der Waals surface area contributed by atoms with Crippen molar-refractivity contribution in [3.63, 3.8) is 0 Å². The van der Waals surface area contributed by atoms with E-state index < -0.39 is 0 Å². The van der Waals surface area contributed by atoms with Crippen molar-refractivity contribution < 1.29 is 5.11 Å². The molecule has 0 fully saturated rings. The molecule has 12 heavy (non-hydrogen) atoms. The highest BCUT2D eigenvalue weighted by molar-refractivity contribution is 6.60. The smallest absolute Gasteiger partial charge is 0.0536 e. The first kappa shape index (κ1) is 9.74. The van der Waals surface area contributed by atoms with Crippen LogP contribution in [-0.4, -0.2) is 20.5 Å². The molecule has 1 N–H and O–H groups in total. The normalized spacial score (nSPS) is 28.3. The predicted octanol–water partition coefficient (Wildman–Crippen LogP) is 2.38. The van der Waals surface area contributed by atoms with Crippen LogP contribution in [0, 0.1) is 0 Å². The third-order valence-corrected chi connectivity index (χ3v) is 5.31. The first-order chi connectivity index (χ1) is 5.71. The highest BCUT2D eigenvalue weighted by Gasteiger charge is 2.30. The third-order valence-electron chi connectivity index (χ3n) is 2.70. The van der Waals surface area contributed by atoms with Gasteiger partial charge in [0.05, 0.1) is 8.80 Å². The number of hydrogen-bond donors (Lipinski definition) is 1. The first-order valence-corrected chi connectivity index (χ1v) is 6.97. The van der Waals surface area contributed by atoms with E-state index in [0.717, 1.165) is 12.8 Å². The molecule has 0 aromatic rings. The molecule has 0 saturated carbocycles. The summed E-state index contributed by atoms with van der Waals surface area (Å²) in [4.78, 5) is 0. The van der Waals surface area contributed by atoms with Crippen molar-refractivity contribution in [3.8, 4) is 0 Å². The molecular formula is C10H17OSi. The van der Waals surface area contributed by atoms with E-state index in [-0.39, 0.29) is 8.80 Å². The first-order valence-electron chi connectivity index (χ1n) is 4.47. The molecule has 1 rings (SSSR count). The Morgan fingerprint density at radius 2 is 2.17 bits per heavy atom. The molecule has 1 atom stereocenters. The van der Waals surface area contributed by atoms with Gasteiger partial charge in [0.15, 0.2) is 0 Å². The molecule has 1 nitrogen and oxygen atoms in total. The van der Waals surface area contributed by atoms with Crippen LogP contribution >= 0.6 is 0 Å². The van der Waals surface area contributed by atoms with Crippen molar-refractivity contribution in [1.82, 2.24) is 0 Å². The van der Waals surface area contributed by atoms with Crippen molar-refractivity contribution in [2.24, 2.45) is 0 Å². The molecule has 1 radical (unpaired) electrons. The van der Waals surface area contributed by atoms with E-state index in [1.165, 1.54) is 0 Å². The molecule has 67 valence electrons. The maximum Gasteiger partial charge on any atom is 0.0536 e. The zero-order valence-electron chi connectivity index (χ0n) is 7.88. The van der Waals surface area contributed by atoms with Gasteiger partial charge in [-0.25, -0.2) is 0 Å². The summed E-state index contributed by atoms with van der Waals surface area (Å²) in [6.45, 7) is 4.96. The van der Waals surface area contributed by atoms with Crippen LogP contribution in [-0.2, 0) is 0 Å². The van der Waals surface area contributed by atoms with E-state index in [1.807, 2.05) is 0 Å². The maximum absolute atomic E-state index is 8.99. The minimum Gasteiger partial charge on any atom is -0.396 e. The predicted molar refractivity (Wildman–Crippen MR) is 54.8 cm³/mol. The Balaban J connectivity index is 2.73. The van der Waals surface area contributed by atoms with Crippen LogP contribution in [0.15, 0.2) is 24.3 Å². The monoisotopic (exact) mass is 181 g/mol. The second-order valence-electron chi connectivity index (χ2n) is 3.62. The molecule has 0 saturated heterocycles. The fraction of sp³-hybridized carbons (Fsp3) is 0.600. The summed E-state index contributed by atoms with van der Waals surface area (Å²) >= 11 is 0. The van der Waals surface area contributed by atoms with Gasteiger partial charge in [0.1, 0.15) is 0 Å². The molecule has 0 heterocycles. The molecule has 0 spiro atoms. The molecule has 0 amide bonds. The standard InChI is InChI=1S/C10H17OSi/c1-12(2)10(8-9-11)6-4-3-5-7-10/h3-6,11H,7-9H2,1-2H3/t10-/m1/s1. The van der Waals surface area contributed by atoms with Gasteiger partial charge in [-0.2, -0.15) is 0 Å². The second kappa shape index (κ2) is 4.05. The fourth-order valence-electron chi connectivity index (χ4n) is 1.67. The zero-order valence-corrected chi connectivity index (χ0v) is 8.88. The Bertz CT molecular complexity index is 196. The zero-order chi connectivity index (χ0) is 9.03. The minimum atomic E-state index is -0.355. The maximum atomic E-state index is 8.99. The summed E-state index contributed by atoms with van der Waals surface area (Å²) < 4.78 is 0. The molecule has 0 bridgehead atoms. The Morgan fingerprint density at radius 3 is 2.58 bits per heavy atom. The van der Waals surface area contributed by atoms with Crippen LogP contribution in [0.3, 0.4) is 0 Å². The van der Waals surface area contributed by atoms with Gasteiger partial charge in [0, 0.05) is 6.61 Å². The Kier molecular flexibility index (Phi) is 3.29. The molecule has 0 aromatic carbocycles. The van der Waals surface area contributed by atoms with Crippen LogP contribution in [0.2, 0.25) is 18.1 Å². The molecule has 0 aliphatic heterocycles. The average Bonchev–Trinajstić information content (AvgIpc) is 2.06. The number of rotatable bonds is 3. The lowest BCUT2D eigenvalue weighted by molar-refractivity contribution is 0.272.